The molecule has 2 heterocycles. The van der Waals surface area contributed by atoms with Gasteiger partial charge < -0.3 is 36.8 Å². The third-order valence-electron chi connectivity index (χ3n) is 10.6. The first kappa shape index (κ1) is 43.9. The van der Waals surface area contributed by atoms with Crippen LogP contribution in [0.1, 0.15) is 47.1 Å². The fourth-order valence-corrected chi connectivity index (χ4v) is 7.19. The zero-order valence-electron chi connectivity index (χ0n) is 33.8. The van der Waals surface area contributed by atoms with Crippen molar-refractivity contribution >= 4 is 41.2 Å². The van der Waals surface area contributed by atoms with Gasteiger partial charge in [-0.3, -0.25) is 24.0 Å². The molecule has 62 heavy (non-hydrogen) atoms. The molecule has 316 valence electrons. The van der Waals surface area contributed by atoms with Crippen molar-refractivity contribution in [2.24, 2.45) is 0 Å². The summed E-state index contributed by atoms with van der Waals surface area (Å²) in [7, 11) is 0. The molecule has 2 aliphatic rings. The van der Waals surface area contributed by atoms with Gasteiger partial charge in [-0.25, -0.2) is 4.79 Å². The molecule has 0 saturated carbocycles. The highest BCUT2D eigenvalue weighted by atomic mass is 16.4. The van der Waals surface area contributed by atoms with Crippen LogP contribution in [0.4, 0.5) is 5.69 Å². The van der Waals surface area contributed by atoms with Gasteiger partial charge >= 0.3 is 5.97 Å². The van der Waals surface area contributed by atoms with Crippen molar-refractivity contribution in [1.29, 1.82) is 5.26 Å². The normalized spacial score (nSPS) is 20.8. The second-order valence-corrected chi connectivity index (χ2v) is 15.2. The number of nitriles is 1. The van der Waals surface area contributed by atoms with E-state index in [1.54, 1.807) is 73.7 Å². The zero-order chi connectivity index (χ0) is 44.2. The van der Waals surface area contributed by atoms with Gasteiger partial charge in [0.05, 0.1) is 18.1 Å². The van der Waals surface area contributed by atoms with E-state index < -0.39 is 78.1 Å². The molecule has 2 bridgehead atoms. The molecular weight excluding hydrogens is 789 g/mol. The smallest absolute Gasteiger partial charge is 0.326 e. The number of nitrogens with one attached hydrogen (secondary N) is 5. The number of carboxylic acids is 1. The van der Waals surface area contributed by atoms with Crippen LogP contribution in [0.2, 0.25) is 0 Å². The number of aliphatic carboxylic acids is 1. The molecule has 0 aliphatic carbocycles. The first-order chi connectivity index (χ1) is 29.9. The third-order valence-corrected chi connectivity index (χ3v) is 10.6. The van der Waals surface area contributed by atoms with Gasteiger partial charge in [0.15, 0.2) is 0 Å². The largest absolute Gasteiger partial charge is 0.480 e. The molecule has 7 rings (SSSR count). The Morgan fingerprint density at radius 3 is 1.92 bits per heavy atom. The van der Waals surface area contributed by atoms with Crippen molar-refractivity contribution in [3.63, 3.8) is 0 Å². The zero-order valence-corrected chi connectivity index (χ0v) is 33.8. The Morgan fingerprint density at radius 1 is 0.661 bits per heavy atom. The van der Waals surface area contributed by atoms with Crippen LogP contribution in [0.3, 0.4) is 0 Å². The number of carbonyl (C=O) groups excluding carboxylic acids is 5. The maximum absolute atomic E-state index is 14.7. The molecule has 14 heteroatoms. The van der Waals surface area contributed by atoms with Gasteiger partial charge in [-0.05, 0) is 57.6 Å². The standard InChI is InChI=1S/C48H46N6O8/c1-29(34-17-19-36(20-18-34)35-13-6-3-7-14-35)43-47(60)52-39(24-30-9-4-2-5-10-30)44(57)53-40(48(61)62)25-31-15-21-37(22-16-31)50-46(59)41(55)27-42(56)51-38(45(58)54-43)26-32-11-8-12-33(23-32)28-49/h2-23,29,38-41,43,55H,24-27H2,1H3,(H,50,59)(H,51,56)(H,52,60)(H,53,57)(H,54,58)(H,61,62). The summed E-state index contributed by atoms with van der Waals surface area (Å²) in [5.74, 6) is -6.21. The number of amides is 5. The van der Waals surface area contributed by atoms with E-state index in [0.717, 1.165) is 11.1 Å². The third kappa shape index (κ3) is 11.8. The van der Waals surface area contributed by atoms with Gasteiger partial charge in [-0.1, -0.05) is 116 Å². The maximum Gasteiger partial charge on any atom is 0.326 e. The van der Waals surface area contributed by atoms with E-state index in [1.165, 1.54) is 12.1 Å². The monoisotopic (exact) mass is 834 g/mol. The second-order valence-electron chi connectivity index (χ2n) is 15.2. The first-order valence-electron chi connectivity index (χ1n) is 20.1. The van der Waals surface area contributed by atoms with E-state index in [1.807, 2.05) is 60.7 Å². The summed E-state index contributed by atoms with van der Waals surface area (Å²) in [4.78, 5) is 82.3. The molecule has 0 radical (unpaired) electrons. The van der Waals surface area contributed by atoms with Crippen LogP contribution in [0.5, 0.6) is 0 Å². The lowest BCUT2D eigenvalue weighted by atomic mass is 9.90. The molecule has 5 amide bonds. The van der Waals surface area contributed by atoms with E-state index in [2.05, 4.69) is 26.6 Å². The highest BCUT2D eigenvalue weighted by Crippen LogP contribution is 2.25. The summed E-state index contributed by atoms with van der Waals surface area (Å²) in [6.07, 6.45) is -2.89. The predicted octanol–water partition coefficient (Wildman–Crippen LogP) is 3.78. The van der Waals surface area contributed by atoms with Crippen LogP contribution in [0, 0.1) is 11.3 Å². The lowest BCUT2D eigenvalue weighted by Gasteiger charge is -2.29. The van der Waals surface area contributed by atoms with E-state index in [4.69, 9.17) is 0 Å². The van der Waals surface area contributed by atoms with Gasteiger partial charge in [0.2, 0.25) is 23.6 Å². The number of benzene rings is 5. The number of hydrogen-bond donors (Lipinski definition) is 7. The average molecular weight is 835 g/mol. The van der Waals surface area contributed by atoms with Gasteiger partial charge in [0.1, 0.15) is 30.3 Å². The van der Waals surface area contributed by atoms with Crippen LogP contribution >= 0.6 is 0 Å². The minimum Gasteiger partial charge on any atom is -0.480 e. The second kappa shape index (κ2) is 20.6. The molecule has 5 aromatic carbocycles. The Kier molecular flexibility index (Phi) is 14.6. The van der Waals surface area contributed by atoms with Gasteiger partial charge in [-0.15, -0.1) is 0 Å². The molecular formula is C48H46N6O8. The molecule has 0 fully saturated rings. The molecule has 7 N–H and O–H groups in total. The van der Waals surface area contributed by atoms with E-state index >= 15 is 0 Å². The summed E-state index contributed by atoms with van der Waals surface area (Å²) in [5, 5.41) is 43.8. The Hall–Kier alpha value is -7.63. The molecule has 14 nitrogen and oxygen atoms in total. The van der Waals surface area contributed by atoms with Crippen molar-refractivity contribution in [2.45, 2.75) is 68.8 Å². The molecule has 0 saturated heterocycles. The maximum atomic E-state index is 14.7. The quantitative estimate of drug-likeness (QED) is 0.113. The van der Waals surface area contributed by atoms with Gasteiger partial charge in [-0.2, -0.15) is 5.26 Å². The highest BCUT2D eigenvalue weighted by Gasteiger charge is 2.35. The minimum absolute atomic E-state index is 0.0315. The SMILES string of the molecule is CC(c1ccc(-c2ccccc2)cc1)C1NC(=O)C(Cc2cccc(C#N)c2)NC(=O)CC(O)C(=O)Nc2ccc(cc2)CC(C(=O)O)NC(=O)C(Cc2ccccc2)NC1=O. The number of anilines is 1. The van der Waals surface area contributed by atoms with Crippen LogP contribution in [-0.4, -0.2) is 76.0 Å². The topological polar surface area (TPSA) is 227 Å². The van der Waals surface area contributed by atoms with Crippen molar-refractivity contribution in [3.05, 3.63) is 161 Å². The lowest BCUT2D eigenvalue weighted by molar-refractivity contribution is -0.142. The summed E-state index contributed by atoms with van der Waals surface area (Å²) >= 11 is 0. The molecule has 0 spiro atoms. The van der Waals surface area contributed by atoms with Gasteiger partial charge in [0.25, 0.3) is 5.91 Å². The molecule has 6 atom stereocenters. The van der Waals surface area contributed by atoms with Crippen molar-refractivity contribution < 1.29 is 39.0 Å². The van der Waals surface area contributed by atoms with Gasteiger partial charge in [0, 0.05) is 30.9 Å². The summed E-state index contributed by atoms with van der Waals surface area (Å²) in [6, 6.07) is 34.9. The molecule has 5 aromatic rings. The molecule has 6 unspecified atom stereocenters. The summed E-state index contributed by atoms with van der Waals surface area (Å²) < 4.78 is 0. The number of carboxylic acid groups (broad SMARTS) is 1. The Bertz CT molecular complexity index is 2440. The Balaban J connectivity index is 1.40. The van der Waals surface area contributed by atoms with Crippen LogP contribution in [0.15, 0.2) is 133 Å². The fraction of sp³-hybridized carbons (Fsp3) is 0.229. The Morgan fingerprint density at radius 2 is 1.26 bits per heavy atom. The number of nitrogens with zero attached hydrogens (tertiary/aromatic N) is 1. The predicted molar refractivity (Wildman–Crippen MR) is 230 cm³/mol. The number of fused-ring (bicyclic) bond motifs is 18. The summed E-state index contributed by atoms with van der Waals surface area (Å²) in [6.45, 7) is 1.72. The van der Waals surface area contributed by atoms with Crippen molar-refractivity contribution in [1.82, 2.24) is 21.3 Å². The Labute approximate surface area is 358 Å². The van der Waals surface area contributed by atoms with Crippen LogP contribution in [0.25, 0.3) is 11.1 Å². The molecule has 2 aliphatic heterocycles. The van der Waals surface area contributed by atoms with E-state index in [9.17, 15) is 44.2 Å². The number of carbonyl (C=O) groups is 6. The first-order valence-corrected chi connectivity index (χ1v) is 20.1. The highest BCUT2D eigenvalue weighted by molar-refractivity contribution is 5.98. The molecule has 0 aromatic heterocycles. The average Bonchev–Trinajstić information content (AvgIpc) is 3.28. The van der Waals surface area contributed by atoms with Crippen LogP contribution in [-0.2, 0) is 48.0 Å². The van der Waals surface area contributed by atoms with Crippen molar-refractivity contribution in [3.8, 4) is 17.2 Å². The number of hydrogen-bond acceptors (Lipinski definition) is 8. The number of aliphatic hydroxyl groups excluding tert-OH is 1. The van der Waals surface area contributed by atoms with Crippen molar-refractivity contribution in [2.75, 3.05) is 5.32 Å². The minimum atomic E-state index is -1.83. The number of rotatable bonds is 8. The fourth-order valence-electron chi connectivity index (χ4n) is 7.19. The number of aliphatic hydroxyl groups is 1. The van der Waals surface area contributed by atoms with Crippen LogP contribution < -0.4 is 26.6 Å². The lowest BCUT2D eigenvalue weighted by Crippen LogP contribution is -2.59. The van der Waals surface area contributed by atoms with E-state index in [0.29, 0.717) is 27.8 Å². The van der Waals surface area contributed by atoms with E-state index in [-0.39, 0.29) is 24.9 Å². The summed E-state index contributed by atoms with van der Waals surface area (Å²) in [5.41, 5.74) is 4.71.